The summed E-state index contributed by atoms with van der Waals surface area (Å²) in [6.45, 7) is 2.60. The van der Waals surface area contributed by atoms with Gasteiger partial charge in [-0.2, -0.15) is 0 Å². The van der Waals surface area contributed by atoms with Crippen molar-refractivity contribution >= 4 is 17.2 Å². The standard InChI is InChI=1S/C27H26N2O3/c1-2-32-21-12-10-17(11-13-21)19-15-24-26(25(31)16-19)27(18-6-5-7-20(30)14-18)29-23-9-4-3-8-22(23)28-24/h3-14,19,27-30H,2,15-16H2,1H3. The van der Waals surface area contributed by atoms with Gasteiger partial charge in [-0.25, -0.2) is 0 Å². The molecule has 3 aromatic rings. The van der Waals surface area contributed by atoms with Crippen molar-refractivity contribution in [1.82, 2.24) is 0 Å². The van der Waals surface area contributed by atoms with Crippen LogP contribution in [-0.2, 0) is 4.79 Å². The summed E-state index contributed by atoms with van der Waals surface area (Å²) in [6.07, 6.45) is 1.18. The SMILES string of the molecule is CCOc1ccc(C2CC(=O)C3=C(C2)Nc2ccccc2NC3c2cccc(O)c2)cc1. The van der Waals surface area contributed by atoms with Crippen molar-refractivity contribution in [2.24, 2.45) is 0 Å². The van der Waals surface area contributed by atoms with Crippen molar-refractivity contribution in [3.8, 4) is 11.5 Å². The van der Waals surface area contributed by atoms with Gasteiger partial charge < -0.3 is 20.5 Å². The minimum Gasteiger partial charge on any atom is -0.508 e. The van der Waals surface area contributed by atoms with Gasteiger partial charge in [-0.3, -0.25) is 4.79 Å². The molecule has 3 aromatic carbocycles. The molecule has 3 N–H and O–H groups in total. The number of para-hydroxylation sites is 2. The number of carbonyl (C=O) groups is 1. The number of benzene rings is 3. The molecule has 162 valence electrons. The van der Waals surface area contributed by atoms with Gasteiger partial charge in [0.2, 0.25) is 0 Å². The minimum atomic E-state index is -0.331. The molecule has 1 aliphatic heterocycles. The molecule has 0 bridgehead atoms. The Morgan fingerprint density at radius 2 is 1.72 bits per heavy atom. The molecule has 0 saturated carbocycles. The number of hydrogen-bond donors (Lipinski definition) is 3. The number of carbonyl (C=O) groups excluding carboxylic acids is 1. The number of hydrogen-bond acceptors (Lipinski definition) is 5. The zero-order valence-electron chi connectivity index (χ0n) is 18.0. The van der Waals surface area contributed by atoms with Crippen LogP contribution in [0.15, 0.2) is 84.1 Å². The molecule has 0 amide bonds. The number of ether oxygens (including phenoxy) is 1. The van der Waals surface area contributed by atoms with Crippen LogP contribution in [-0.4, -0.2) is 17.5 Å². The summed E-state index contributed by atoms with van der Waals surface area (Å²) in [5.41, 5.74) is 5.56. The summed E-state index contributed by atoms with van der Waals surface area (Å²) < 4.78 is 5.57. The van der Waals surface area contributed by atoms with Gasteiger partial charge in [-0.05, 0) is 66.8 Å². The molecule has 0 fully saturated rings. The second kappa shape index (κ2) is 8.42. The van der Waals surface area contributed by atoms with Gasteiger partial charge in [-0.1, -0.05) is 36.4 Å². The van der Waals surface area contributed by atoms with Crippen LogP contribution in [0.1, 0.15) is 42.9 Å². The van der Waals surface area contributed by atoms with E-state index >= 15 is 0 Å². The third-order valence-electron chi connectivity index (χ3n) is 6.18. The summed E-state index contributed by atoms with van der Waals surface area (Å²) in [5.74, 6) is 1.24. The van der Waals surface area contributed by atoms with E-state index < -0.39 is 0 Å². The number of allylic oxidation sites excluding steroid dienone is 1. The first-order valence-electron chi connectivity index (χ1n) is 11.0. The normalized spacial score (nSPS) is 19.8. The lowest BCUT2D eigenvalue weighted by Gasteiger charge is -2.30. The highest BCUT2D eigenvalue weighted by molar-refractivity contribution is 6.01. The topological polar surface area (TPSA) is 70.6 Å². The Balaban J connectivity index is 1.55. The lowest BCUT2D eigenvalue weighted by atomic mass is 9.78. The fraction of sp³-hybridized carbons (Fsp3) is 0.222. The van der Waals surface area contributed by atoms with Crippen LogP contribution >= 0.6 is 0 Å². The lowest BCUT2D eigenvalue weighted by molar-refractivity contribution is -0.116. The molecule has 0 aromatic heterocycles. The number of fused-ring (bicyclic) bond motifs is 1. The van der Waals surface area contributed by atoms with Crippen molar-refractivity contribution in [3.05, 3.63) is 95.2 Å². The molecule has 1 heterocycles. The van der Waals surface area contributed by atoms with E-state index in [1.54, 1.807) is 12.1 Å². The first-order valence-corrected chi connectivity index (χ1v) is 11.0. The summed E-state index contributed by atoms with van der Waals surface area (Å²) in [7, 11) is 0. The smallest absolute Gasteiger partial charge is 0.163 e. The second-order valence-corrected chi connectivity index (χ2v) is 8.27. The van der Waals surface area contributed by atoms with Crippen LogP contribution in [0, 0.1) is 0 Å². The van der Waals surface area contributed by atoms with Crippen molar-refractivity contribution in [3.63, 3.8) is 0 Å². The van der Waals surface area contributed by atoms with Crippen LogP contribution in [0.5, 0.6) is 11.5 Å². The zero-order valence-corrected chi connectivity index (χ0v) is 18.0. The number of phenols is 1. The molecule has 5 rings (SSSR count). The summed E-state index contributed by atoms with van der Waals surface area (Å²) in [4.78, 5) is 13.5. The Morgan fingerprint density at radius 1 is 0.938 bits per heavy atom. The maximum Gasteiger partial charge on any atom is 0.163 e. The van der Waals surface area contributed by atoms with Gasteiger partial charge in [-0.15, -0.1) is 0 Å². The molecule has 1 aliphatic carbocycles. The maximum atomic E-state index is 13.5. The largest absolute Gasteiger partial charge is 0.508 e. The summed E-state index contributed by atoms with van der Waals surface area (Å²) in [5, 5.41) is 17.2. The lowest BCUT2D eigenvalue weighted by Crippen LogP contribution is -2.26. The van der Waals surface area contributed by atoms with Crippen molar-refractivity contribution < 1.29 is 14.6 Å². The Hall–Kier alpha value is -3.73. The number of anilines is 2. The molecule has 2 unspecified atom stereocenters. The number of aromatic hydroxyl groups is 1. The van der Waals surface area contributed by atoms with Crippen LogP contribution in [0.4, 0.5) is 11.4 Å². The van der Waals surface area contributed by atoms with Gasteiger partial charge >= 0.3 is 0 Å². The van der Waals surface area contributed by atoms with Crippen LogP contribution in [0.3, 0.4) is 0 Å². The zero-order chi connectivity index (χ0) is 22.1. The molecule has 2 aliphatic rings. The second-order valence-electron chi connectivity index (χ2n) is 8.27. The Morgan fingerprint density at radius 3 is 2.47 bits per heavy atom. The van der Waals surface area contributed by atoms with E-state index in [0.717, 1.165) is 45.9 Å². The summed E-state index contributed by atoms with van der Waals surface area (Å²) >= 11 is 0. The quantitative estimate of drug-likeness (QED) is 0.494. The van der Waals surface area contributed by atoms with E-state index in [1.807, 2.05) is 55.5 Å². The number of Topliss-reactive ketones (excluding diaryl/α,β-unsaturated/α-hetero) is 1. The van der Waals surface area contributed by atoms with Crippen molar-refractivity contribution in [1.29, 1.82) is 0 Å². The van der Waals surface area contributed by atoms with Gasteiger partial charge in [0.1, 0.15) is 11.5 Å². The van der Waals surface area contributed by atoms with E-state index in [4.69, 9.17) is 4.74 Å². The monoisotopic (exact) mass is 426 g/mol. The predicted octanol–water partition coefficient (Wildman–Crippen LogP) is 5.77. The van der Waals surface area contributed by atoms with Gasteiger partial charge in [0.15, 0.2) is 5.78 Å². The van der Waals surface area contributed by atoms with Gasteiger partial charge in [0.05, 0.1) is 24.0 Å². The van der Waals surface area contributed by atoms with Gasteiger partial charge in [0.25, 0.3) is 0 Å². The van der Waals surface area contributed by atoms with Gasteiger partial charge in [0, 0.05) is 17.7 Å². The first-order chi connectivity index (χ1) is 15.6. The van der Waals surface area contributed by atoms with Crippen LogP contribution in [0.25, 0.3) is 0 Å². The molecule has 0 spiro atoms. The van der Waals surface area contributed by atoms with Crippen molar-refractivity contribution in [2.75, 3.05) is 17.2 Å². The van der Waals surface area contributed by atoms with Crippen LogP contribution in [0.2, 0.25) is 0 Å². The Labute approximate surface area is 187 Å². The highest BCUT2D eigenvalue weighted by atomic mass is 16.5. The number of phenolic OH excluding ortho intramolecular Hbond substituents is 1. The Kier molecular flexibility index (Phi) is 5.31. The third kappa shape index (κ3) is 3.82. The van der Waals surface area contributed by atoms with Crippen molar-refractivity contribution in [2.45, 2.75) is 31.7 Å². The molecular weight excluding hydrogens is 400 g/mol. The predicted molar refractivity (Wildman–Crippen MR) is 126 cm³/mol. The minimum absolute atomic E-state index is 0.0968. The molecular formula is C27H26N2O3. The number of nitrogens with one attached hydrogen (secondary N) is 2. The highest BCUT2D eigenvalue weighted by Crippen LogP contribution is 2.44. The van der Waals surface area contributed by atoms with E-state index in [9.17, 15) is 9.90 Å². The average Bonchev–Trinajstić information content (AvgIpc) is 2.97. The average molecular weight is 427 g/mol. The first kappa shape index (κ1) is 20.2. The third-order valence-corrected chi connectivity index (χ3v) is 6.18. The van der Waals surface area contributed by atoms with E-state index in [1.165, 1.54) is 0 Å². The molecule has 2 atom stereocenters. The fourth-order valence-electron chi connectivity index (χ4n) is 4.69. The van der Waals surface area contributed by atoms with E-state index in [-0.39, 0.29) is 23.5 Å². The molecule has 32 heavy (non-hydrogen) atoms. The highest BCUT2D eigenvalue weighted by Gasteiger charge is 2.36. The molecule has 5 nitrogen and oxygen atoms in total. The fourth-order valence-corrected chi connectivity index (χ4v) is 4.69. The molecule has 0 radical (unpaired) electrons. The van der Waals surface area contributed by atoms with E-state index in [2.05, 4.69) is 22.8 Å². The molecule has 0 saturated heterocycles. The number of rotatable bonds is 4. The summed E-state index contributed by atoms with van der Waals surface area (Å²) in [6, 6.07) is 22.8. The van der Waals surface area contributed by atoms with E-state index in [0.29, 0.717) is 13.0 Å². The Bertz CT molecular complexity index is 1180. The maximum absolute atomic E-state index is 13.5. The number of ketones is 1. The van der Waals surface area contributed by atoms with Crippen LogP contribution < -0.4 is 15.4 Å². The molecule has 5 heteroatoms.